The lowest BCUT2D eigenvalue weighted by Gasteiger charge is -2.29. The summed E-state index contributed by atoms with van der Waals surface area (Å²) in [4.78, 5) is 11.8. The minimum atomic E-state index is -0.940. The predicted molar refractivity (Wildman–Crippen MR) is 81.5 cm³/mol. The molecular weight excluding hydrogens is 285 g/mol. The van der Waals surface area contributed by atoms with Crippen LogP contribution in [0.5, 0.6) is 0 Å². The van der Waals surface area contributed by atoms with Gasteiger partial charge in [-0.1, -0.05) is 18.2 Å². The third-order valence-corrected chi connectivity index (χ3v) is 3.46. The molecule has 1 aromatic heterocycles. The summed E-state index contributed by atoms with van der Waals surface area (Å²) in [5.41, 5.74) is 0.250. The van der Waals surface area contributed by atoms with E-state index in [1.807, 2.05) is 0 Å². The number of rotatable bonds is 6. The number of methoxy groups -OCH3 is 1. The lowest BCUT2D eigenvalue weighted by atomic mass is 9.95. The number of carbonyl (C=O) groups is 1. The van der Waals surface area contributed by atoms with Gasteiger partial charge in [-0.15, -0.1) is 0 Å². The zero-order valence-corrected chi connectivity index (χ0v) is 12.5. The van der Waals surface area contributed by atoms with Crippen LogP contribution in [0.4, 0.5) is 4.39 Å². The van der Waals surface area contributed by atoms with Crippen LogP contribution in [0.1, 0.15) is 18.1 Å². The Morgan fingerprint density at radius 3 is 2.82 bits per heavy atom. The van der Waals surface area contributed by atoms with Crippen molar-refractivity contribution in [1.82, 2.24) is 5.32 Å². The molecule has 22 heavy (non-hydrogen) atoms. The molecule has 0 fully saturated rings. The largest absolute Gasteiger partial charge is 0.472 e. The van der Waals surface area contributed by atoms with Gasteiger partial charge in [0.25, 0.3) is 0 Å². The minimum absolute atomic E-state index is 0.152. The van der Waals surface area contributed by atoms with Gasteiger partial charge < -0.3 is 14.5 Å². The van der Waals surface area contributed by atoms with Crippen molar-refractivity contribution in [3.8, 4) is 0 Å². The van der Waals surface area contributed by atoms with Gasteiger partial charge in [-0.25, -0.2) is 4.39 Å². The molecule has 0 radical (unpaired) electrons. The topological polar surface area (TPSA) is 51.5 Å². The van der Waals surface area contributed by atoms with Crippen LogP contribution in [0.15, 0.2) is 53.4 Å². The van der Waals surface area contributed by atoms with Gasteiger partial charge in [0.05, 0.1) is 19.1 Å². The zero-order valence-electron chi connectivity index (χ0n) is 12.5. The Morgan fingerprint density at radius 2 is 2.18 bits per heavy atom. The first kappa shape index (κ1) is 16.0. The number of nitrogens with one attached hydrogen (secondary N) is 1. The van der Waals surface area contributed by atoms with Gasteiger partial charge in [0.1, 0.15) is 11.4 Å². The van der Waals surface area contributed by atoms with Crippen LogP contribution in [0, 0.1) is 5.82 Å². The van der Waals surface area contributed by atoms with E-state index in [1.54, 1.807) is 37.3 Å². The molecule has 0 aliphatic rings. The number of hydrogen-bond donors (Lipinski definition) is 1. The fourth-order valence-electron chi connectivity index (χ4n) is 2.02. The number of hydrogen-bond acceptors (Lipinski definition) is 3. The standard InChI is InChI=1S/C17H18FNO3/c1-17(21-2,14-5-3-4-6-15(14)18)12-19-16(20)8-7-13-9-10-22-11-13/h3-11H,12H2,1-2H3,(H,19,20). The molecule has 1 N–H and O–H groups in total. The minimum Gasteiger partial charge on any atom is -0.472 e. The molecule has 1 unspecified atom stereocenters. The van der Waals surface area contributed by atoms with Crippen LogP contribution >= 0.6 is 0 Å². The van der Waals surface area contributed by atoms with Gasteiger partial charge in [0.15, 0.2) is 0 Å². The van der Waals surface area contributed by atoms with E-state index in [1.165, 1.54) is 31.8 Å². The third-order valence-electron chi connectivity index (χ3n) is 3.46. The van der Waals surface area contributed by atoms with Crippen molar-refractivity contribution in [2.45, 2.75) is 12.5 Å². The monoisotopic (exact) mass is 303 g/mol. The summed E-state index contributed by atoms with van der Waals surface area (Å²) in [6, 6.07) is 8.10. The lowest BCUT2D eigenvalue weighted by molar-refractivity contribution is -0.118. The Kier molecular flexibility index (Phi) is 5.12. The van der Waals surface area contributed by atoms with E-state index in [0.717, 1.165) is 5.56 Å². The second-order valence-corrected chi connectivity index (χ2v) is 5.02. The maximum atomic E-state index is 13.9. The Hall–Kier alpha value is -2.40. The second-order valence-electron chi connectivity index (χ2n) is 5.02. The highest BCUT2D eigenvalue weighted by molar-refractivity contribution is 5.91. The molecule has 116 valence electrons. The van der Waals surface area contributed by atoms with Gasteiger partial charge in [0, 0.05) is 24.3 Å². The Balaban J connectivity index is 2.01. The molecule has 0 saturated heterocycles. The van der Waals surface area contributed by atoms with E-state index in [2.05, 4.69) is 5.32 Å². The molecule has 1 aromatic carbocycles. The molecular formula is C17H18FNO3. The third kappa shape index (κ3) is 3.83. The highest BCUT2D eigenvalue weighted by Gasteiger charge is 2.29. The quantitative estimate of drug-likeness (QED) is 0.834. The lowest BCUT2D eigenvalue weighted by Crippen LogP contribution is -2.40. The molecule has 0 saturated carbocycles. The average molecular weight is 303 g/mol. The molecule has 1 heterocycles. The number of ether oxygens (including phenoxy) is 1. The molecule has 5 heteroatoms. The van der Waals surface area contributed by atoms with E-state index in [-0.39, 0.29) is 18.3 Å². The first-order valence-electron chi connectivity index (χ1n) is 6.83. The molecule has 1 atom stereocenters. The highest BCUT2D eigenvalue weighted by Crippen LogP contribution is 2.26. The first-order valence-corrected chi connectivity index (χ1v) is 6.83. The van der Waals surface area contributed by atoms with Crippen molar-refractivity contribution in [2.24, 2.45) is 0 Å². The molecule has 0 aliphatic heterocycles. The van der Waals surface area contributed by atoms with Crippen LogP contribution in [0.2, 0.25) is 0 Å². The number of furan rings is 1. The summed E-state index contributed by atoms with van der Waals surface area (Å²) >= 11 is 0. The van der Waals surface area contributed by atoms with Crippen molar-refractivity contribution in [3.05, 3.63) is 65.9 Å². The Bertz CT molecular complexity index is 652. The number of halogens is 1. The molecule has 1 amide bonds. The van der Waals surface area contributed by atoms with E-state index in [0.29, 0.717) is 5.56 Å². The molecule has 4 nitrogen and oxygen atoms in total. The van der Waals surface area contributed by atoms with Crippen LogP contribution in [-0.4, -0.2) is 19.6 Å². The van der Waals surface area contributed by atoms with Crippen LogP contribution in [-0.2, 0) is 15.1 Å². The van der Waals surface area contributed by atoms with Gasteiger partial charge >= 0.3 is 0 Å². The summed E-state index contributed by atoms with van der Waals surface area (Å²) in [6.07, 6.45) is 6.08. The summed E-state index contributed by atoms with van der Waals surface area (Å²) in [5.74, 6) is -0.657. The van der Waals surface area contributed by atoms with E-state index in [4.69, 9.17) is 9.15 Å². The molecule has 2 rings (SSSR count). The Morgan fingerprint density at radius 1 is 1.41 bits per heavy atom. The first-order chi connectivity index (χ1) is 10.5. The zero-order chi connectivity index (χ0) is 16.0. The van der Waals surface area contributed by atoms with Gasteiger partial charge in [-0.3, -0.25) is 4.79 Å². The fraction of sp³-hybridized carbons (Fsp3) is 0.235. The van der Waals surface area contributed by atoms with E-state index >= 15 is 0 Å². The van der Waals surface area contributed by atoms with Crippen LogP contribution in [0.25, 0.3) is 6.08 Å². The summed E-state index contributed by atoms with van der Waals surface area (Å²) in [7, 11) is 1.49. The second kappa shape index (κ2) is 7.04. The van der Waals surface area contributed by atoms with Crippen molar-refractivity contribution in [2.75, 3.05) is 13.7 Å². The van der Waals surface area contributed by atoms with Gasteiger partial charge in [-0.05, 0) is 25.1 Å². The van der Waals surface area contributed by atoms with Gasteiger partial charge in [-0.2, -0.15) is 0 Å². The van der Waals surface area contributed by atoms with Crippen LogP contribution < -0.4 is 5.32 Å². The maximum absolute atomic E-state index is 13.9. The number of amides is 1. The molecule has 0 bridgehead atoms. The number of benzene rings is 1. The smallest absolute Gasteiger partial charge is 0.244 e. The molecule has 0 spiro atoms. The highest BCUT2D eigenvalue weighted by atomic mass is 19.1. The van der Waals surface area contributed by atoms with Crippen molar-refractivity contribution in [3.63, 3.8) is 0 Å². The van der Waals surface area contributed by atoms with E-state index < -0.39 is 5.60 Å². The van der Waals surface area contributed by atoms with Crippen molar-refractivity contribution >= 4 is 12.0 Å². The maximum Gasteiger partial charge on any atom is 0.244 e. The molecule has 0 aliphatic carbocycles. The van der Waals surface area contributed by atoms with Gasteiger partial charge in [0.2, 0.25) is 5.91 Å². The predicted octanol–water partition coefficient (Wildman–Crippen LogP) is 3.11. The number of carbonyl (C=O) groups excluding carboxylic acids is 1. The normalized spacial score (nSPS) is 14.0. The Labute approximate surface area is 128 Å². The SMILES string of the molecule is COC(C)(CNC(=O)C=Cc1ccoc1)c1ccccc1F. The van der Waals surface area contributed by atoms with Crippen molar-refractivity contribution in [1.29, 1.82) is 0 Å². The van der Waals surface area contributed by atoms with Crippen LogP contribution in [0.3, 0.4) is 0 Å². The van der Waals surface area contributed by atoms with Crippen molar-refractivity contribution < 1.29 is 18.3 Å². The summed E-state index contributed by atoms with van der Waals surface area (Å²) in [6.45, 7) is 1.88. The molecule has 2 aromatic rings. The fourth-order valence-corrected chi connectivity index (χ4v) is 2.02. The summed E-state index contributed by atoms with van der Waals surface area (Å²) < 4.78 is 24.2. The van der Waals surface area contributed by atoms with E-state index in [9.17, 15) is 9.18 Å². The summed E-state index contributed by atoms with van der Waals surface area (Å²) in [5, 5.41) is 2.71. The average Bonchev–Trinajstić information content (AvgIpc) is 3.04.